The molecule has 0 spiro atoms. The number of allylic oxidation sites excluding steroid dienone is 1. The third-order valence-corrected chi connectivity index (χ3v) is 7.72. The number of thiol groups is 1. The van der Waals surface area contributed by atoms with E-state index in [1.54, 1.807) is 25.1 Å². The van der Waals surface area contributed by atoms with Crippen LogP contribution in [-0.2, 0) is 17.7 Å². The molecule has 242 valence electrons. The maximum atomic E-state index is 13.4. The summed E-state index contributed by atoms with van der Waals surface area (Å²) in [5.74, 6) is 1.34. The number of morpholine rings is 1. The minimum Gasteiger partial charge on any atom is -0.491 e. The summed E-state index contributed by atoms with van der Waals surface area (Å²) < 4.78 is 19.1. The Bertz CT molecular complexity index is 1730. The Hall–Kier alpha value is -4.53. The van der Waals surface area contributed by atoms with Gasteiger partial charge in [0.15, 0.2) is 12.2 Å². The summed E-state index contributed by atoms with van der Waals surface area (Å²) in [5, 5.41) is 6.06. The van der Waals surface area contributed by atoms with Crippen molar-refractivity contribution in [2.75, 3.05) is 56.6 Å². The number of hydrogen-bond donors (Lipinski definition) is 3. The number of nitrogens with one attached hydrogen (secondary N) is 2. The highest BCUT2D eigenvalue weighted by molar-refractivity contribution is 7.80. The van der Waals surface area contributed by atoms with Crippen LogP contribution in [0.2, 0.25) is 0 Å². The van der Waals surface area contributed by atoms with Crippen LogP contribution < -0.4 is 15.4 Å². The largest absolute Gasteiger partial charge is 0.491 e. The monoisotopic (exact) mass is 647 g/mol. The molecule has 0 radical (unpaired) electrons. The molecule has 14 heteroatoms. The van der Waals surface area contributed by atoms with E-state index in [0.29, 0.717) is 76.3 Å². The molecule has 4 aromatic rings. The molecule has 46 heavy (non-hydrogen) atoms. The second-order valence-electron chi connectivity index (χ2n) is 10.6. The van der Waals surface area contributed by atoms with Gasteiger partial charge in [-0.05, 0) is 31.0 Å². The zero-order valence-electron chi connectivity index (χ0n) is 25.8. The first-order valence-electron chi connectivity index (χ1n) is 15.1. The van der Waals surface area contributed by atoms with E-state index < -0.39 is 5.91 Å². The van der Waals surface area contributed by atoms with E-state index >= 15 is 0 Å². The lowest BCUT2D eigenvalue weighted by Gasteiger charge is -2.26. The van der Waals surface area contributed by atoms with E-state index in [9.17, 15) is 14.4 Å². The molecular formula is C32H37N7O6S. The predicted molar refractivity (Wildman–Crippen MR) is 176 cm³/mol. The van der Waals surface area contributed by atoms with E-state index in [1.165, 1.54) is 6.20 Å². The average Bonchev–Trinajstić information content (AvgIpc) is 3.63. The van der Waals surface area contributed by atoms with Crippen molar-refractivity contribution < 1.29 is 28.3 Å². The Morgan fingerprint density at radius 3 is 2.65 bits per heavy atom. The highest BCUT2D eigenvalue weighted by atomic mass is 32.1. The SMILES string of the molecule is CCc1nc(C)oc1C(=O)Nc1nc2cc(C=O)cc(OCCCN3CCOCC3)c2n1C/C=C/CNc1ncc(C=O)cc1S. The Morgan fingerprint density at radius 2 is 1.91 bits per heavy atom. The molecule has 0 unspecified atom stereocenters. The molecule has 1 amide bonds. The number of nitrogens with zero attached hydrogens (tertiary/aromatic N) is 5. The number of ether oxygens (including phenoxy) is 2. The zero-order valence-corrected chi connectivity index (χ0v) is 26.7. The van der Waals surface area contributed by atoms with Crippen molar-refractivity contribution in [3.63, 3.8) is 0 Å². The van der Waals surface area contributed by atoms with Crippen molar-refractivity contribution in [2.45, 2.75) is 38.1 Å². The van der Waals surface area contributed by atoms with Gasteiger partial charge in [0.25, 0.3) is 5.91 Å². The van der Waals surface area contributed by atoms with Gasteiger partial charge in [-0.15, -0.1) is 12.6 Å². The predicted octanol–water partition coefficient (Wildman–Crippen LogP) is 4.23. The number of hydrogen-bond acceptors (Lipinski definition) is 12. The summed E-state index contributed by atoms with van der Waals surface area (Å²) in [4.78, 5) is 52.3. The van der Waals surface area contributed by atoms with Gasteiger partial charge in [0.05, 0.1) is 31.0 Å². The van der Waals surface area contributed by atoms with Crippen LogP contribution in [0.25, 0.3) is 11.0 Å². The van der Waals surface area contributed by atoms with E-state index in [1.807, 2.05) is 23.6 Å². The molecule has 0 atom stereocenters. The highest BCUT2D eigenvalue weighted by Gasteiger charge is 2.23. The van der Waals surface area contributed by atoms with Crippen molar-refractivity contribution in [1.82, 2.24) is 24.4 Å². The van der Waals surface area contributed by atoms with E-state index in [4.69, 9.17) is 18.9 Å². The number of oxazole rings is 1. The van der Waals surface area contributed by atoms with Crippen molar-refractivity contribution in [3.05, 3.63) is 65.0 Å². The lowest BCUT2D eigenvalue weighted by molar-refractivity contribution is 0.0358. The van der Waals surface area contributed by atoms with E-state index in [0.717, 1.165) is 51.8 Å². The van der Waals surface area contributed by atoms with Crippen LogP contribution in [0.1, 0.15) is 56.2 Å². The van der Waals surface area contributed by atoms with E-state index in [2.05, 4.69) is 38.1 Å². The molecule has 0 bridgehead atoms. The fourth-order valence-corrected chi connectivity index (χ4v) is 5.42. The van der Waals surface area contributed by atoms with Gasteiger partial charge in [0.1, 0.15) is 23.4 Å². The van der Waals surface area contributed by atoms with E-state index in [-0.39, 0.29) is 11.7 Å². The summed E-state index contributed by atoms with van der Waals surface area (Å²) in [6, 6.07) is 4.99. The van der Waals surface area contributed by atoms with Crippen LogP contribution in [0.4, 0.5) is 11.8 Å². The summed E-state index contributed by atoms with van der Waals surface area (Å²) in [5.41, 5.74) is 2.54. The van der Waals surface area contributed by atoms with Gasteiger partial charge in [-0.25, -0.2) is 15.0 Å². The first kappa shape index (κ1) is 32.9. The van der Waals surface area contributed by atoms with Crippen LogP contribution in [0, 0.1) is 6.92 Å². The molecule has 1 fully saturated rings. The molecule has 1 saturated heterocycles. The summed E-state index contributed by atoms with van der Waals surface area (Å²) in [6.07, 6.45) is 8.06. The maximum Gasteiger partial charge on any atom is 0.295 e. The van der Waals surface area contributed by atoms with Crippen molar-refractivity contribution in [3.8, 4) is 5.75 Å². The molecule has 0 aliphatic carbocycles. The second kappa shape index (κ2) is 15.7. The first-order chi connectivity index (χ1) is 22.4. The summed E-state index contributed by atoms with van der Waals surface area (Å²) >= 11 is 4.40. The number of aromatic nitrogens is 4. The fraction of sp³-hybridized carbons (Fsp3) is 0.375. The number of carbonyl (C=O) groups excluding carboxylic acids is 3. The fourth-order valence-electron chi connectivity index (χ4n) is 5.13. The molecule has 13 nitrogen and oxygen atoms in total. The minimum atomic E-state index is -0.477. The standard InChI is InChI=1S/C32H37N7O6S/c1-3-24-29(45-21(2)35-24)31(42)37-32-36-25-15-22(19-40)16-26(44-12-6-8-38-10-13-43-14-11-38)28(25)39(32)9-5-4-7-33-30-27(46)17-23(20-41)18-34-30/h4-5,15-20,46H,3,6-14H2,1-2H3,(H,33,34)(H,36,37,42)/b5-4+. The average molecular weight is 648 g/mol. The van der Waals surface area contributed by atoms with Gasteiger partial charge in [-0.2, -0.15) is 0 Å². The van der Waals surface area contributed by atoms with Crippen LogP contribution in [0.3, 0.4) is 0 Å². The smallest absolute Gasteiger partial charge is 0.295 e. The Morgan fingerprint density at radius 1 is 1.11 bits per heavy atom. The van der Waals surface area contributed by atoms with Crippen LogP contribution in [0.5, 0.6) is 5.75 Å². The summed E-state index contributed by atoms with van der Waals surface area (Å²) in [6.45, 7) is 8.87. The van der Waals surface area contributed by atoms with Gasteiger partial charge in [-0.3, -0.25) is 24.6 Å². The lowest BCUT2D eigenvalue weighted by Crippen LogP contribution is -2.37. The Labute approximate surface area is 271 Å². The first-order valence-corrected chi connectivity index (χ1v) is 15.6. The zero-order chi connectivity index (χ0) is 32.5. The Balaban J connectivity index is 1.40. The molecule has 4 heterocycles. The maximum absolute atomic E-state index is 13.4. The van der Waals surface area contributed by atoms with Crippen molar-refractivity contribution >= 4 is 53.9 Å². The summed E-state index contributed by atoms with van der Waals surface area (Å²) in [7, 11) is 0. The topological polar surface area (TPSA) is 154 Å². The number of amides is 1. The van der Waals surface area contributed by atoms with Gasteiger partial charge < -0.3 is 23.8 Å². The van der Waals surface area contributed by atoms with Gasteiger partial charge >= 0.3 is 0 Å². The van der Waals surface area contributed by atoms with Gasteiger partial charge in [0, 0.05) is 61.9 Å². The molecule has 2 N–H and O–H groups in total. The normalized spacial score (nSPS) is 13.7. The van der Waals surface area contributed by atoms with Crippen LogP contribution >= 0.6 is 12.6 Å². The number of aldehydes is 2. The van der Waals surface area contributed by atoms with Crippen LogP contribution in [0.15, 0.2) is 45.9 Å². The van der Waals surface area contributed by atoms with Crippen molar-refractivity contribution in [2.24, 2.45) is 0 Å². The molecule has 1 aliphatic rings. The molecule has 1 aliphatic heterocycles. The lowest BCUT2D eigenvalue weighted by atomic mass is 10.2. The van der Waals surface area contributed by atoms with Gasteiger partial charge in [0.2, 0.25) is 11.7 Å². The third-order valence-electron chi connectivity index (χ3n) is 7.38. The molecule has 3 aromatic heterocycles. The molecule has 5 rings (SSSR count). The number of fused-ring (bicyclic) bond motifs is 1. The number of aryl methyl sites for hydroxylation is 2. The number of pyridine rings is 1. The highest BCUT2D eigenvalue weighted by Crippen LogP contribution is 2.31. The van der Waals surface area contributed by atoms with Crippen molar-refractivity contribution in [1.29, 1.82) is 0 Å². The molecule has 1 aromatic carbocycles. The number of carbonyl (C=O) groups is 3. The van der Waals surface area contributed by atoms with Gasteiger partial charge in [-0.1, -0.05) is 19.1 Å². The Kier molecular flexibility index (Phi) is 11.2. The quantitative estimate of drug-likeness (QED) is 0.0735. The minimum absolute atomic E-state index is 0.127. The molecule has 0 saturated carbocycles. The second-order valence-corrected chi connectivity index (χ2v) is 11.1. The number of rotatable bonds is 15. The number of anilines is 2. The number of imidazole rings is 1. The number of benzene rings is 1. The third kappa shape index (κ3) is 8.00. The molecular weight excluding hydrogens is 610 g/mol. The van der Waals surface area contributed by atoms with Crippen LogP contribution in [-0.4, -0.2) is 88.9 Å².